The smallest absolute Gasteiger partial charge is 0.317 e. The second-order valence-electron chi connectivity index (χ2n) is 8.89. The number of nitrogens with one attached hydrogen (secondary N) is 2. The van der Waals surface area contributed by atoms with Crippen LogP contribution in [0.3, 0.4) is 0 Å². The van der Waals surface area contributed by atoms with Crippen LogP contribution < -0.4 is 10.6 Å². The Morgan fingerprint density at radius 1 is 1.24 bits per heavy atom. The van der Waals surface area contributed by atoms with Crippen molar-refractivity contribution in [2.75, 3.05) is 25.0 Å². The quantitative estimate of drug-likeness (QED) is 0.536. The van der Waals surface area contributed by atoms with E-state index in [9.17, 15) is 22.4 Å². The zero-order valence-electron chi connectivity index (χ0n) is 19.0. The summed E-state index contributed by atoms with van der Waals surface area (Å²) in [4.78, 5) is 31.4. The number of nitrogens with zero attached hydrogens (tertiary/aromatic N) is 2. The second kappa shape index (κ2) is 10.4. The molecule has 2 N–H and O–H groups in total. The molecule has 2 heterocycles. The number of halogens is 1. The molecule has 34 heavy (non-hydrogen) atoms. The minimum atomic E-state index is -3.32. The van der Waals surface area contributed by atoms with Crippen molar-refractivity contribution in [3.63, 3.8) is 0 Å². The van der Waals surface area contributed by atoms with Gasteiger partial charge in [-0.25, -0.2) is 18.2 Å². The molecule has 1 aliphatic heterocycles. The summed E-state index contributed by atoms with van der Waals surface area (Å²) in [5.41, 5.74) is 0.679. The van der Waals surface area contributed by atoms with Gasteiger partial charge in [0, 0.05) is 19.6 Å². The van der Waals surface area contributed by atoms with Gasteiger partial charge in [0.1, 0.15) is 0 Å². The van der Waals surface area contributed by atoms with Crippen molar-refractivity contribution in [3.05, 3.63) is 41.2 Å². The first-order chi connectivity index (χ1) is 16.3. The first-order valence-corrected chi connectivity index (χ1v) is 13.9. The number of sulfone groups is 1. The van der Waals surface area contributed by atoms with Crippen LogP contribution in [0.4, 0.5) is 14.3 Å². The third kappa shape index (κ3) is 5.75. The van der Waals surface area contributed by atoms with Gasteiger partial charge in [-0.1, -0.05) is 30.4 Å². The van der Waals surface area contributed by atoms with Crippen LogP contribution in [0.15, 0.2) is 35.4 Å². The van der Waals surface area contributed by atoms with E-state index in [4.69, 9.17) is 0 Å². The molecular formula is C23H29FN4O4S2. The van der Waals surface area contributed by atoms with Crippen molar-refractivity contribution in [1.29, 1.82) is 0 Å². The molecule has 1 saturated carbocycles. The van der Waals surface area contributed by atoms with Gasteiger partial charge in [-0.2, -0.15) is 4.39 Å². The summed E-state index contributed by atoms with van der Waals surface area (Å²) in [6.45, 7) is 3.77. The average Bonchev–Trinajstić information content (AvgIpc) is 3.46. The van der Waals surface area contributed by atoms with E-state index in [2.05, 4.69) is 15.6 Å². The van der Waals surface area contributed by atoms with Crippen LogP contribution in [-0.4, -0.2) is 55.1 Å². The largest absolute Gasteiger partial charge is 0.338 e. The van der Waals surface area contributed by atoms with Crippen molar-refractivity contribution >= 4 is 38.2 Å². The molecule has 11 heteroatoms. The highest BCUT2D eigenvalue weighted by Crippen LogP contribution is 2.35. The lowest BCUT2D eigenvalue weighted by molar-refractivity contribution is -0.118. The average molecular weight is 509 g/mol. The maximum absolute atomic E-state index is 13.4. The molecule has 184 valence electrons. The number of hydrogen-bond acceptors (Lipinski definition) is 6. The zero-order chi connectivity index (χ0) is 24.3. The molecule has 8 nitrogen and oxygen atoms in total. The van der Waals surface area contributed by atoms with Crippen LogP contribution in [0, 0.1) is 11.0 Å². The molecule has 0 radical (unpaired) electrons. The van der Waals surface area contributed by atoms with Crippen LogP contribution in [-0.2, 0) is 14.6 Å². The molecule has 2 unspecified atom stereocenters. The lowest BCUT2D eigenvalue weighted by atomic mass is 9.87. The summed E-state index contributed by atoms with van der Waals surface area (Å²) in [5, 5.41) is 4.94. The summed E-state index contributed by atoms with van der Waals surface area (Å²) in [6.07, 6.45) is 4.52. The number of amides is 3. The molecule has 3 amide bonds. The maximum Gasteiger partial charge on any atom is 0.317 e. The van der Waals surface area contributed by atoms with Gasteiger partial charge in [-0.3, -0.25) is 4.79 Å². The van der Waals surface area contributed by atoms with Gasteiger partial charge in [-0.15, -0.1) is 0 Å². The maximum atomic E-state index is 13.4. The number of rotatable bonds is 9. The van der Waals surface area contributed by atoms with Crippen molar-refractivity contribution in [1.82, 2.24) is 15.2 Å². The summed E-state index contributed by atoms with van der Waals surface area (Å²) >= 11 is 0.749. The fourth-order valence-corrected chi connectivity index (χ4v) is 6.45. The number of anilines is 1. The molecule has 2 aromatic rings. The molecule has 0 spiro atoms. The number of carbonyl (C=O) groups is 2. The normalized spacial score (nSPS) is 19.1. The van der Waals surface area contributed by atoms with E-state index in [1.807, 2.05) is 6.92 Å². The summed E-state index contributed by atoms with van der Waals surface area (Å²) < 4.78 is 38.5. The first kappa shape index (κ1) is 24.6. The van der Waals surface area contributed by atoms with Gasteiger partial charge in [0.2, 0.25) is 5.91 Å². The molecule has 1 aromatic heterocycles. The second-order valence-corrected chi connectivity index (χ2v) is 12.1. The third-order valence-corrected chi connectivity index (χ3v) is 9.25. The SMILES string of the molecule is CCCNC(=O)N1CCC(CC(C(=O)Nc2ncc(F)s2)c2ccc(S(=O)(=O)C3CC3)cc2)C1. The number of benzene rings is 1. The monoisotopic (exact) mass is 508 g/mol. The number of aromatic nitrogens is 1. The Morgan fingerprint density at radius 2 is 1.97 bits per heavy atom. The highest BCUT2D eigenvalue weighted by molar-refractivity contribution is 7.92. The van der Waals surface area contributed by atoms with Crippen LogP contribution in [0.2, 0.25) is 0 Å². The lowest BCUT2D eigenvalue weighted by Crippen LogP contribution is -2.38. The minimum Gasteiger partial charge on any atom is -0.338 e. The molecule has 2 fully saturated rings. The van der Waals surface area contributed by atoms with E-state index in [1.54, 1.807) is 29.2 Å². The molecular weight excluding hydrogens is 479 g/mol. The van der Waals surface area contributed by atoms with Crippen molar-refractivity contribution in [2.24, 2.45) is 5.92 Å². The number of hydrogen-bond donors (Lipinski definition) is 2. The number of carbonyl (C=O) groups excluding carboxylic acids is 2. The van der Waals surface area contributed by atoms with Crippen LogP contribution in [0.25, 0.3) is 0 Å². The van der Waals surface area contributed by atoms with Crippen LogP contribution in [0.1, 0.15) is 50.5 Å². The standard InChI is InChI=1S/C23H29FN4O4S2/c1-2-10-25-23(30)28-11-9-15(14-28)12-19(21(29)27-22-26-13-20(24)33-22)16-3-5-17(6-4-16)34(31,32)18-7-8-18/h3-6,13,15,18-19H,2,7-12,14H2,1H3,(H,25,30)(H,26,27,29). The van der Waals surface area contributed by atoms with Gasteiger partial charge in [0.15, 0.2) is 20.1 Å². The zero-order valence-corrected chi connectivity index (χ0v) is 20.6. The summed E-state index contributed by atoms with van der Waals surface area (Å²) in [7, 11) is -3.32. The lowest BCUT2D eigenvalue weighted by Gasteiger charge is -2.21. The fraction of sp³-hybridized carbons (Fsp3) is 0.522. The van der Waals surface area contributed by atoms with E-state index < -0.39 is 20.9 Å². The Hall–Kier alpha value is -2.53. The summed E-state index contributed by atoms with van der Waals surface area (Å²) in [6, 6.07) is 6.39. The van der Waals surface area contributed by atoms with Gasteiger partial charge in [-0.05, 0) is 55.7 Å². The third-order valence-electron chi connectivity index (χ3n) is 6.27. The van der Waals surface area contributed by atoms with Gasteiger partial charge in [0.25, 0.3) is 0 Å². The summed E-state index contributed by atoms with van der Waals surface area (Å²) in [5.74, 6) is -0.819. The Balaban J connectivity index is 1.50. The Morgan fingerprint density at radius 3 is 2.59 bits per heavy atom. The fourth-order valence-electron chi connectivity index (χ4n) is 4.25. The Bertz CT molecular complexity index is 1130. The van der Waals surface area contributed by atoms with E-state index in [-0.39, 0.29) is 33.1 Å². The van der Waals surface area contributed by atoms with Crippen LogP contribution in [0.5, 0.6) is 0 Å². The molecule has 1 aromatic carbocycles. The highest BCUT2D eigenvalue weighted by atomic mass is 32.2. The van der Waals surface area contributed by atoms with E-state index >= 15 is 0 Å². The highest BCUT2D eigenvalue weighted by Gasteiger charge is 2.37. The molecule has 0 bridgehead atoms. The number of likely N-dealkylation sites (tertiary alicyclic amines) is 1. The molecule has 1 aliphatic carbocycles. The molecule has 2 atom stereocenters. The van der Waals surface area contributed by atoms with Crippen molar-refractivity contribution in [2.45, 2.75) is 55.1 Å². The topological polar surface area (TPSA) is 108 Å². The van der Waals surface area contributed by atoms with E-state index in [0.717, 1.165) is 30.4 Å². The number of thiazole rings is 1. The predicted octanol–water partition coefficient (Wildman–Crippen LogP) is 3.77. The Labute approximate surface area is 202 Å². The number of urea groups is 1. The Kier molecular flexibility index (Phi) is 7.51. The van der Waals surface area contributed by atoms with Gasteiger partial charge >= 0.3 is 6.03 Å². The van der Waals surface area contributed by atoms with Crippen molar-refractivity contribution in [3.8, 4) is 0 Å². The van der Waals surface area contributed by atoms with Crippen molar-refractivity contribution < 1.29 is 22.4 Å². The first-order valence-electron chi connectivity index (χ1n) is 11.6. The van der Waals surface area contributed by atoms with Gasteiger partial charge < -0.3 is 15.5 Å². The van der Waals surface area contributed by atoms with E-state index in [0.29, 0.717) is 44.5 Å². The van der Waals surface area contributed by atoms with Gasteiger partial charge in [0.05, 0.1) is 22.3 Å². The molecule has 2 aliphatic rings. The molecule has 4 rings (SSSR count). The van der Waals surface area contributed by atoms with E-state index in [1.165, 1.54) is 0 Å². The predicted molar refractivity (Wildman–Crippen MR) is 128 cm³/mol. The molecule has 1 saturated heterocycles. The minimum absolute atomic E-state index is 0.0988. The van der Waals surface area contributed by atoms with Crippen LogP contribution >= 0.6 is 11.3 Å².